The summed E-state index contributed by atoms with van der Waals surface area (Å²) in [6.45, 7) is 13.2. The van der Waals surface area contributed by atoms with Crippen molar-refractivity contribution in [1.29, 1.82) is 0 Å². The van der Waals surface area contributed by atoms with E-state index in [2.05, 4.69) is 47.6 Å². The van der Waals surface area contributed by atoms with Gasteiger partial charge in [-0.3, -0.25) is 0 Å². The molecule has 1 heterocycles. The van der Waals surface area contributed by atoms with Crippen molar-refractivity contribution in [3.05, 3.63) is 21.4 Å². The molecule has 2 unspecified atom stereocenters. The minimum atomic E-state index is -0.294. The zero-order valence-electron chi connectivity index (χ0n) is 12.0. The highest BCUT2D eigenvalue weighted by Crippen LogP contribution is 2.33. The van der Waals surface area contributed by atoms with E-state index in [1.54, 1.807) is 11.3 Å². The van der Waals surface area contributed by atoms with Crippen molar-refractivity contribution in [2.24, 2.45) is 11.3 Å². The number of aliphatic hydroxyl groups is 1. The van der Waals surface area contributed by atoms with Crippen LogP contribution in [-0.2, 0) is 0 Å². The lowest BCUT2D eigenvalue weighted by molar-refractivity contribution is 0.134. The van der Waals surface area contributed by atoms with Crippen molar-refractivity contribution < 1.29 is 5.11 Å². The van der Waals surface area contributed by atoms with Crippen LogP contribution >= 0.6 is 11.3 Å². The molecule has 0 spiro atoms. The van der Waals surface area contributed by atoms with E-state index < -0.39 is 0 Å². The van der Waals surface area contributed by atoms with Crippen LogP contribution in [-0.4, -0.2) is 5.11 Å². The van der Waals surface area contributed by atoms with Crippen LogP contribution in [0.25, 0.3) is 0 Å². The van der Waals surface area contributed by atoms with Gasteiger partial charge in [-0.15, -0.1) is 11.3 Å². The van der Waals surface area contributed by atoms with Crippen LogP contribution in [0, 0.1) is 25.2 Å². The van der Waals surface area contributed by atoms with Gasteiger partial charge in [-0.2, -0.15) is 0 Å². The maximum Gasteiger partial charge on any atom is 0.0803 e. The van der Waals surface area contributed by atoms with Gasteiger partial charge in [0, 0.05) is 9.75 Å². The standard InChI is InChI=1S/C15H26OS/c1-10(9-15(4,5)6)7-14(16)13-8-11(2)17-12(13)3/h8,10,14,16H,7,9H2,1-6H3. The molecule has 0 saturated carbocycles. The molecule has 0 aromatic carbocycles. The van der Waals surface area contributed by atoms with Gasteiger partial charge in [0.1, 0.15) is 0 Å². The summed E-state index contributed by atoms with van der Waals surface area (Å²) in [6, 6.07) is 2.13. The van der Waals surface area contributed by atoms with Crippen LogP contribution in [0.5, 0.6) is 0 Å². The third-order valence-corrected chi connectivity index (χ3v) is 4.01. The number of aliphatic hydroxyl groups excluding tert-OH is 1. The van der Waals surface area contributed by atoms with Crippen LogP contribution in [0.1, 0.15) is 62.0 Å². The van der Waals surface area contributed by atoms with Crippen molar-refractivity contribution in [3.63, 3.8) is 0 Å². The zero-order chi connectivity index (χ0) is 13.2. The number of aryl methyl sites for hydroxylation is 2. The average Bonchev–Trinajstić information content (AvgIpc) is 2.41. The number of hydrogen-bond donors (Lipinski definition) is 1. The number of thiophene rings is 1. The first-order valence-corrected chi connectivity index (χ1v) is 7.25. The smallest absolute Gasteiger partial charge is 0.0803 e. The maximum absolute atomic E-state index is 10.3. The Bertz CT molecular complexity index is 359. The summed E-state index contributed by atoms with van der Waals surface area (Å²) >= 11 is 1.78. The molecule has 1 aromatic rings. The predicted octanol–water partition coefficient (Wildman–Crippen LogP) is 4.86. The summed E-state index contributed by atoms with van der Waals surface area (Å²) in [5.74, 6) is 0.560. The quantitative estimate of drug-likeness (QED) is 0.813. The van der Waals surface area contributed by atoms with E-state index in [9.17, 15) is 5.11 Å². The van der Waals surface area contributed by atoms with Crippen LogP contribution in [0.15, 0.2) is 6.07 Å². The number of hydrogen-bond acceptors (Lipinski definition) is 2. The minimum absolute atomic E-state index is 0.294. The first-order valence-electron chi connectivity index (χ1n) is 6.44. The molecular formula is C15H26OS. The van der Waals surface area contributed by atoms with Gasteiger partial charge in [-0.1, -0.05) is 27.7 Å². The van der Waals surface area contributed by atoms with Gasteiger partial charge in [0.05, 0.1) is 6.10 Å². The highest BCUT2D eigenvalue weighted by atomic mass is 32.1. The first kappa shape index (κ1) is 14.7. The van der Waals surface area contributed by atoms with Crippen molar-refractivity contribution >= 4 is 11.3 Å². The fraction of sp³-hybridized carbons (Fsp3) is 0.733. The molecule has 1 nitrogen and oxygen atoms in total. The lowest BCUT2D eigenvalue weighted by Gasteiger charge is -2.25. The Hall–Kier alpha value is -0.340. The molecule has 1 N–H and O–H groups in total. The van der Waals surface area contributed by atoms with Crippen molar-refractivity contribution in [2.75, 3.05) is 0 Å². The van der Waals surface area contributed by atoms with Crippen molar-refractivity contribution in [3.8, 4) is 0 Å². The third kappa shape index (κ3) is 4.81. The Labute approximate surface area is 110 Å². The Kier molecular flexibility index (Phi) is 4.79. The Morgan fingerprint density at radius 1 is 1.29 bits per heavy atom. The summed E-state index contributed by atoms with van der Waals surface area (Å²) in [5.41, 5.74) is 1.48. The molecule has 0 radical (unpaired) electrons. The Morgan fingerprint density at radius 3 is 2.29 bits per heavy atom. The predicted molar refractivity (Wildman–Crippen MR) is 76.6 cm³/mol. The molecule has 98 valence electrons. The third-order valence-electron chi connectivity index (χ3n) is 3.02. The molecule has 0 bridgehead atoms. The van der Waals surface area contributed by atoms with Gasteiger partial charge in [0.2, 0.25) is 0 Å². The summed E-state index contributed by atoms with van der Waals surface area (Å²) < 4.78 is 0. The molecule has 0 amide bonds. The molecule has 0 saturated heterocycles. The summed E-state index contributed by atoms with van der Waals surface area (Å²) in [5, 5.41) is 10.3. The van der Waals surface area contributed by atoms with Gasteiger partial charge in [0.25, 0.3) is 0 Å². The van der Waals surface area contributed by atoms with Gasteiger partial charge in [-0.25, -0.2) is 0 Å². The van der Waals surface area contributed by atoms with Crippen LogP contribution in [0.2, 0.25) is 0 Å². The van der Waals surface area contributed by atoms with Gasteiger partial charge in [-0.05, 0) is 49.7 Å². The molecule has 2 heteroatoms. The molecule has 0 fully saturated rings. The van der Waals surface area contributed by atoms with Crippen LogP contribution in [0.3, 0.4) is 0 Å². The van der Waals surface area contributed by atoms with Crippen LogP contribution in [0.4, 0.5) is 0 Å². The van der Waals surface area contributed by atoms with Crippen LogP contribution < -0.4 is 0 Å². The van der Waals surface area contributed by atoms with E-state index in [0.29, 0.717) is 11.3 Å². The largest absolute Gasteiger partial charge is 0.388 e. The minimum Gasteiger partial charge on any atom is -0.388 e. The highest BCUT2D eigenvalue weighted by molar-refractivity contribution is 7.12. The van der Waals surface area contributed by atoms with E-state index in [0.717, 1.165) is 18.4 Å². The second-order valence-electron chi connectivity index (χ2n) is 6.49. The summed E-state index contributed by atoms with van der Waals surface area (Å²) in [4.78, 5) is 2.55. The fourth-order valence-electron chi connectivity index (χ4n) is 2.62. The summed E-state index contributed by atoms with van der Waals surface area (Å²) in [6.07, 6.45) is 1.73. The van der Waals surface area contributed by atoms with Gasteiger partial charge < -0.3 is 5.11 Å². The Balaban J connectivity index is 2.60. The fourth-order valence-corrected chi connectivity index (χ4v) is 3.60. The molecule has 0 aliphatic carbocycles. The van der Waals surface area contributed by atoms with E-state index in [4.69, 9.17) is 0 Å². The molecule has 0 aliphatic rings. The summed E-state index contributed by atoms with van der Waals surface area (Å²) in [7, 11) is 0. The normalized spacial score (nSPS) is 15.9. The molecule has 0 aliphatic heterocycles. The molecule has 1 rings (SSSR count). The van der Waals surface area contributed by atoms with E-state index in [1.165, 1.54) is 9.75 Å². The van der Waals surface area contributed by atoms with E-state index >= 15 is 0 Å². The highest BCUT2D eigenvalue weighted by Gasteiger charge is 2.20. The molecule has 1 aromatic heterocycles. The lowest BCUT2D eigenvalue weighted by Crippen LogP contribution is -2.13. The average molecular weight is 254 g/mol. The monoisotopic (exact) mass is 254 g/mol. The van der Waals surface area contributed by atoms with Gasteiger partial charge in [0.15, 0.2) is 0 Å². The van der Waals surface area contributed by atoms with Gasteiger partial charge >= 0.3 is 0 Å². The molecular weight excluding hydrogens is 228 g/mol. The second-order valence-corrected chi connectivity index (χ2v) is 7.95. The molecule has 17 heavy (non-hydrogen) atoms. The Morgan fingerprint density at radius 2 is 1.88 bits per heavy atom. The zero-order valence-corrected chi connectivity index (χ0v) is 12.8. The lowest BCUT2D eigenvalue weighted by atomic mass is 9.82. The second kappa shape index (κ2) is 5.53. The molecule has 2 atom stereocenters. The van der Waals surface area contributed by atoms with Crippen molar-refractivity contribution in [1.82, 2.24) is 0 Å². The topological polar surface area (TPSA) is 20.2 Å². The SMILES string of the molecule is Cc1cc(C(O)CC(C)CC(C)(C)C)c(C)s1. The van der Waals surface area contributed by atoms with E-state index in [-0.39, 0.29) is 6.10 Å². The number of rotatable bonds is 4. The first-order chi connectivity index (χ1) is 7.69. The van der Waals surface area contributed by atoms with E-state index in [1.807, 2.05) is 0 Å². The van der Waals surface area contributed by atoms with Crippen molar-refractivity contribution in [2.45, 2.75) is 60.5 Å². The maximum atomic E-state index is 10.3.